The fraction of sp³-hybridized carbons (Fsp3) is 0.381. The quantitative estimate of drug-likeness (QED) is 0.430. The van der Waals surface area contributed by atoms with Gasteiger partial charge in [-0.05, 0) is 44.0 Å². The molecule has 10 nitrogen and oxygen atoms in total. The molecule has 1 N–H and O–H groups in total. The first-order valence-corrected chi connectivity index (χ1v) is 11.8. The number of nitro groups is 1. The van der Waals surface area contributed by atoms with Gasteiger partial charge < -0.3 is 14.8 Å². The fourth-order valence-electron chi connectivity index (χ4n) is 3.40. The van der Waals surface area contributed by atoms with Crippen molar-refractivity contribution in [3.05, 3.63) is 52.3 Å². The monoisotopic (exact) mass is 481 g/mol. The standard InChI is InChI=1S/C21H24FN3O7S/c1-2-31-18-9-7-16(13-20(18)33(29,30)24-10-4-3-5-11-24)23-21(26)14-32-19-12-15(22)6-8-17(19)25(27)28/h6-9,12-13H,2-5,10-11,14H2,1H3,(H,23,26). The fourth-order valence-corrected chi connectivity index (χ4v) is 5.08. The Bertz CT molecular complexity index is 1130. The predicted octanol–water partition coefficient (Wildman–Crippen LogP) is 3.32. The third-order valence-electron chi connectivity index (χ3n) is 4.94. The third kappa shape index (κ3) is 5.96. The molecule has 1 heterocycles. The molecular formula is C21H24FN3O7S. The lowest BCUT2D eigenvalue weighted by Gasteiger charge is -2.27. The number of nitrogens with zero attached hydrogens (tertiary/aromatic N) is 2. The Labute approximate surface area is 190 Å². The lowest BCUT2D eigenvalue weighted by molar-refractivity contribution is -0.385. The van der Waals surface area contributed by atoms with Crippen LogP contribution in [-0.2, 0) is 14.8 Å². The third-order valence-corrected chi connectivity index (χ3v) is 6.86. The number of amides is 1. The van der Waals surface area contributed by atoms with E-state index in [1.54, 1.807) is 6.92 Å². The highest BCUT2D eigenvalue weighted by atomic mass is 32.2. The number of halogens is 1. The summed E-state index contributed by atoms with van der Waals surface area (Å²) in [4.78, 5) is 22.6. The van der Waals surface area contributed by atoms with Gasteiger partial charge in [0.2, 0.25) is 15.8 Å². The van der Waals surface area contributed by atoms with Crippen LogP contribution in [0, 0.1) is 15.9 Å². The Morgan fingerprint density at radius 3 is 2.52 bits per heavy atom. The van der Waals surface area contributed by atoms with Gasteiger partial charge in [0.05, 0.1) is 11.5 Å². The summed E-state index contributed by atoms with van der Waals surface area (Å²) < 4.78 is 51.8. The molecule has 1 fully saturated rings. The molecule has 2 aromatic rings. The highest BCUT2D eigenvalue weighted by molar-refractivity contribution is 7.89. The first-order chi connectivity index (χ1) is 15.7. The number of sulfonamides is 1. The number of carbonyl (C=O) groups is 1. The molecule has 0 aromatic heterocycles. The summed E-state index contributed by atoms with van der Waals surface area (Å²) in [6.07, 6.45) is 2.50. The number of piperidine rings is 1. The number of carbonyl (C=O) groups excluding carboxylic acids is 1. The average molecular weight is 482 g/mol. The van der Waals surface area contributed by atoms with Crippen molar-refractivity contribution in [2.75, 3.05) is 31.6 Å². The van der Waals surface area contributed by atoms with E-state index in [1.807, 2.05) is 0 Å². The van der Waals surface area contributed by atoms with Crippen LogP contribution in [0.5, 0.6) is 11.5 Å². The van der Waals surface area contributed by atoms with Crippen molar-refractivity contribution in [2.24, 2.45) is 0 Å². The number of hydrogen-bond acceptors (Lipinski definition) is 7. The van der Waals surface area contributed by atoms with Gasteiger partial charge in [0, 0.05) is 30.9 Å². The molecular weight excluding hydrogens is 457 g/mol. The van der Waals surface area contributed by atoms with Crippen LogP contribution < -0.4 is 14.8 Å². The summed E-state index contributed by atoms with van der Waals surface area (Å²) in [5.41, 5.74) is -0.309. The first kappa shape index (κ1) is 24.4. The van der Waals surface area contributed by atoms with Gasteiger partial charge in [-0.2, -0.15) is 4.31 Å². The van der Waals surface area contributed by atoms with E-state index < -0.39 is 44.7 Å². The minimum atomic E-state index is -3.84. The molecule has 1 aliphatic rings. The molecule has 0 radical (unpaired) electrons. The molecule has 1 saturated heterocycles. The van der Waals surface area contributed by atoms with Crippen LogP contribution in [0.15, 0.2) is 41.3 Å². The molecule has 0 bridgehead atoms. The van der Waals surface area contributed by atoms with E-state index in [-0.39, 0.29) is 22.9 Å². The van der Waals surface area contributed by atoms with E-state index in [4.69, 9.17) is 9.47 Å². The maximum atomic E-state index is 13.4. The van der Waals surface area contributed by atoms with Crippen LogP contribution in [0.2, 0.25) is 0 Å². The van der Waals surface area contributed by atoms with Crippen molar-refractivity contribution in [2.45, 2.75) is 31.1 Å². The van der Waals surface area contributed by atoms with Gasteiger partial charge in [-0.1, -0.05) is 6.42 Å². The van der Waals surface area contributed by atoms with Crippen molar-refractivity contribution in [3.63, 3.8) is 0 Å². The Morgan fingerprint density at radius 1 is 1.12 bits per heavy atom. The largest absolute Gasteiger partial charge is 0.492 e. The molecule has 3 rings (SSSR count). The molecule has 2 aromatic carbocycles. The molecule has 1 aliphatic heterocycles. The summed E-state index contributed by atoms with van der Waals surface area (Å²) in [5, 5.41) is 13.5. The topological polar surface area (TPSA) is 128 Å². The second kappa shape index (κ2) is 10.6. The highest BCUT2D eigenvalue weighted by Gasteiger charge is 2.29. The van der Waals surface area contributed by atoms with E-state index in [9.17, 15) is 27.7 Å². The van der Waals surface area contributed by atoms with Crippen molar-refractivity contribution < 1.29 is 32.0 Å². The molecule has 0 unspecified atom stereocenters. The van der Waals surface area contributed by atoms with Gasteiger partial charge in [-0.25, -0.2) is 12.8 Å². The van der Waals surface area contributed by atoms with Gasteiger partial charge in [-0.3, -0.25) is 14.9 Å². The SMILES string of the molecule is CCOc1ccc(NC(=O)COc2cc(F)ccc2[N+](=O)[O-])cc1S(=O)(=O)N1CCCCC1. The minimum absolute atomic E-state index is 0.0641. The Kier molecular flexibility index (Phi) is 7.82. The Balaban J connectivity index is 1.77. The number of ether oxygens (including phenoxy) is 2. The molecule has 0 spiro atoms. The van der Waals surface area contributed by atoms with E-state index >= 15 is 0 Å². The van der Waals surface area contributed by atoms with E-state index in [0.29, 0.717) is 13.1 Å². The van der Waals surface area contributed by atoms with Crippen LogP contribution >= 0.6 is 0 Å². The van der Waals surface area contributed by atoms with Crippen LogP contribution in [0.25, 0.3) is 0 Å². The maximum Gasteiger partial charge on any atom is 0.311 e. The zero-order chi connectivity index (χ0) is 24.0. The molecule has 1 amide bonds. The zero-order valence-corrected chi connectivity index (χ0v) is 18.8. The normalized spacial score (nSPS) is 14.5. The number of rotatable bonds is 9. The van der Waals surface area contributed by atoms with E-state index in [2.05, 4.69) is 5.32 Å². The van der Waals surface area contributed by atoms with Crippen molar-refractivity contribution >= 4 is 27.3 Å². The van der Waals surface area contributed by atoms with Crippen molar-refractivity contribution in [1.29, 1.82) is 0 Å². The number of anilines is 1. The maximum absolute atomic E-state index is 13.4. The van der Waals surface area contributed by atoms with E-state index in [1.165, 1.54) is 22.5 Å². The summed E-state index contributed by atoms with van der Waals surface area (Å²) >= 11 is 0. The van der Waals surface area contributed by atoms with Crippen LogP contribution in [0.3, 0.4) is 0 Å². The number of hydrogen-bond donors (Lipinski definition) is 1. The number of nitro benzene ring substituents is 1. The van der Waals surface area contributed by atoms with Gasteiger partial charge in [0.25, 0.3) is 5.91 Å². The van der Waals surface area contributed by atoms with Gasteiger partial charge in [-0.15, -0.1) is 0 Å². The smallest absolute Gasteiger partial charge is 0.311 e. The summed E-state index contributed by atoms with van der Waals surface area (Å²) in [5.74, 6) is -1.68. The average Bonchev–Trinajstić information content (AvgIpc) is 2.79. The highest BCUT2D eigenvalue weighted by Crippen LogP contribution is 2.32. The van der Waals surface area contributed by atoms with E-state index in [0.717, 1.165) is 37.5 Å². The van der Waals surface area contributed by atoms with Crippen LogP contribution in [-0.4, -0.2) is 49.9 Å². The Morgan fingerprint density at radius 2 is 1.85 bits per heavy atom. The van der Waals surface area contributed by atoms with Gasteiger partial charge >= 0.3 is 5.69 Å². The van der Waals surface area contributed by atoms with Crippen LogP contribution in [0.4, 0.5) is 15.8 Å². The van der Waals surface area contributed by atoms with Gasteiger partial charge in [0.15, 0.2) is 6.61 Å². The summed E-state index contributed by atoms with van der Waals surface area (Å²) in [6.45, 7) is 2.16. The lowest BCUT2D eigenvalue weighted by atomic mass is 10.2. The minimum Gasteiger partial charge on any atom is -0.492 e. The van der Waals surface area contributed by atoms with Gasteiger partial charge in [0.1, 0.15) is 16.5 Å². The Hall–Kier alpha value is -3.25. The predicted molar refractivity (Wildman–Crippen MR) is 117 cm³/mol. The molecule has 0 saturated carbocycles. The van der Waals surface area contributed by atoms with Crippen LogP contribution in [0.1, 0.15) is 26.2 Å². The zero-order valence-electron chi connectivity index (χ0n) is 18.0. The van der Waals surface area contributed by atoms with Crippen molar-refractivity contribution in [3.8, 4) is 11.5 Å². The first-order valence-electron chi connectivity index (χ1n) is 10.4. The summed E-state index contributed by atoms with van der Waals surface area (Å²) in [7, 11) is -3.84. The second-order valence-electron chi connectivity index (χ2n) is 7.27. The molecule has 0 atom stereocenters. The molecule has 0 aliphatic carbocycles. The number of nitrogens with one attached hydrogen (secondary N) is 1. The summed E-state index contributed by atoms with van der Waals surface area (Å²) in [6, 6.07) is 6.89. The molecule has 33 heavy (non-hydrogen) atoms. The van der Waals surface area contributed by atoms with Crippen molar-refractivity contribution in [1.82, 2.24) is 4.31 Å². The molecule has 12 heteroatoms. The molecule has 178 valence electrons. The lowest BCUT2D eigenvalue weighted by Crippen LogP contribution is -2.35. The number of benzene rings is 2. The second-order valence-corrected chi connectivity index (χ2v) is 9.17.